The Morgan fingerprint density at radius 1 is 1.44 bits per heavy atom. The van der Waals surface area contributed by atoms with E-state index in [4.69, 9.17) is 22.1 Å². The van der Waals surface area contributed by atoms with E-state index in [9.17, 15) is 0 Å². The lowest BCUT2D eigenvalue weighted by molar-refractivity contribution is 0.480. The SMILES string of the molecule is CCCn1cc(Oc2ccc(CN)cc2Cl)cn1. The molecule has 0 spiro atoms. The van der Waals surface area contributed by atoms with E-state index in [1.165, 1.54) is 0 Å². The Morgan fingerprint density at radius 3 is 2.94 bits per heavy atom. The van der Waals surface area contributed by atoms with Crippen LogP contribution in [0.1, 0.15) is 18.9 Å². The zero-order chi connectivity index (χ0) is 13.0. The molecule has 0 fully saturated rings. The number of hydrogen-bond acceptors (Lipinski definition) is 3. The number of nitrogens with two attached hydrogens (primary N) is 1. The van der Waals surface area contributed by atoms with Crippen LogP contribution < -0.4 is 10.5 Å². The minimum Gasteiger partial charge on any atom is -0.452 e. The van der Waals surface area contributed by atoms with Crippen molar-refractivity contribution in [3.05, 3.63) is 41.2 Å². The van der Waals surface area contributed by atoms with Crippen molar-refractivity contribution in [1.82, 2.24) is 9.78 Å². The van der Waals surface area contributed by atoms with Crippen LogP contribution in [0.3, 0.4) is 0 Å². The van der Waals surface area contributed by atoms with E-state index in [1.54, 1.807) is 6.20 Å². The maximum absolute atomic E-state index is 6.12. The first-order chi connectivity index (χ1) is 8.72. The minimum atomic E-state index is 0.467. The second-order valence-electron chi connectivity index (χ2n) is 4.01. The average Bonchev–Trinajstić information content (AvgIpc) is 2.80. The summed E-state index contributed by atoms with van der Waals surface area (Å²) in [6.07, 6.45) is 4.58. The van der Waals surface area contributed by atoms with Gasteiger partial charge in [0.25, 0.3) is 0 Å². The monoisotopic (exact) mass is 265 g/mol. The van der Waals surface area contributed by atoms with Crippen molar-refractivity contribution in [3.63, 3.8) is 0 Å². The van der Waals surface area contributed by atoms with Crippen LogP contribution in [-0.2, 0) is 13.1 Å². The van der Waals surface area contributed by atoms with E-state index in [1.807, 2.05) is 29.1 Å². The fraction of sp³-hybridized carbons (Fsp3) is 0.308. The summed E-state index contributed by atoms with van der Waals surface area (Å²) < 4.78 is 7.52. The average molecular weight is 266 g/mol. The lowest BCUT2D eigenvalue weighted by Crippen LogP contribution is -1.96. The molecule has 0 bridgehead atoms. The summed E-state index contributed by atoms with van der Waals surface area (Å²) in [5.41, 5.74) is 6.53. The molecule has 0 aliphatic carbocycles. The van der Waals surface area contributed by atoms with E-state index in [2.05, 4.69) is 12.0 Å². The van der Waals surface area contributed by atoms with E-state index in [0.29, 0.717) is 23.1 Å². The molecular formula is C13H16ClN3O. The van der Waals surface area contributed by atoms with E-state index in [-0.39, 0.29) is 0 Å². The maximum atomic E-state index is 6.12. The Morgan fingerprint density at radius 2 is 2.28 bits per heavy atom. The van der Waals surface area contributed by atoms with Crippen LogP contribution in [0.15, 0.2) is 30.6 Å². The Hall–Kier alpha value is -1.52. The third-order valence-corrected chi connectivity index (χ3v) is 2.82. The lowest BCUT2D eigenvalue weighted by atomic mass is 10.2. The number of aryl methyl sites for hydroxylation is 1. The van der Waals surface area contributed by atoms with Crippen molar-refractivity contribution in [2.75, 3.05) is 0 Å². The number of nitrogens with zero attached hydrogens (tertiary/aromatic N) is 2. The van der Waals surface area contributed by atoms with Gasteiger partial charge in [0.05, 0.1) is 17.4 Å². The summed E-state index contributed by atoms with van der Waals surface area (Å²) in [4.78, 5) is 0. The number of benzene rings is 1. The van der Waals surface area contributed by atoms with Gasteiger partial charge in [0.1, 0.15) is 5.75 Å². The first-order valence-electron chi connectivity index (χ1n) is 5.91. The van der Waals surface area contributed by atoms with E-state index in [0.717, 1.165) is 18.5 Å². The Labute approximate surface area is 111 Å². The first-order valence-corrected chi connectivity index (χ1v) is 6.29. The molecule has 1 heterocycles. The van der Waals surface area contributed by atoms with Gasteiger partial charge in [-0.25, -0.2) is 0 Å². The summed E-state index contributed by atoms with van der Waals surface area (Å²) in [7, 11) is 0. The highest BCUT2D eigenvalue weighted by molar-refractivity contribution is 6.32. The van der Waals surface area contributed by atoms with Crippen LogP contribution in [0.5, 0.6) is 11.5 Å². The molecule has 1 aromatic heterocycles. The molecule has 0 saturated heterocycles. The third-order valence-electron chi connectivity index (χ3n) is 2.52. The molecule has 96 valence electrons. The molecule has 0 amide bonds. The third kappa shape index (κ3) is 3.03. The second-order valence-corrected chi connectivity index (χ2v) is 4.42. The zero-order valence-corrected chi connectivity index (χ0v) is 11.0. The summed E-state index contributed by atoms with van der Waals surface area (Å²) >= 11 is 6.12. The Balaban J connectivity index is 2.12. The molecule has 0 atom stereocenters. The number of ether oxygens (including phenoxy) is 1. The zero-order valence-electron chi connectivity index (χ0n) is 10.3. The quantitative estimate of drug-likeness (QED) is 0.903. The number of aromatic nitrogens is 2. The first kappa shape index (κ1) is 12.9. The molecule has 0 aliphatic heterocycles. The molecule has 0 aliphatic rings. The molecule has 18 heavy (non-hydrogen) atoms. The van der Waals surface area contributed by atoms with Crippen molar-refractivity contribution >= 4 is 11.6 Å². The fourth-order valence-electron chi connectivity index (χ4n) is 1.63. The van der Waals surface area contributed by atoms with Crippen LogP contribution >= 0.6 is 11.6 Å². The van der Waals surface area contributed by atoms with Gasteiger partial charge in [-0.15, -0.1) is 0 Å². The van der Waals surface area contributed by atoms with Crippen molar-refractivity contribution in [1.29, 1.82) is 0 Å². The van der Waals surface area contributed by atoms with Crippen molar-refractivity contribution in [3.8, 4) is 11.5 Å². The lowest BCUT2D eigenvalue weighted by Gasteiger charge is -2.06. The Bertz CT molecular complexity index is 525. The predicted molar refractivity (Wildman–Crippen MR) is 71.9 cm³/mol. The fourth-order valence-corrected chi connectivity index (χ4v) is 1.87. The second kappa shape index (κ2) is 5.89. The number of hydrogen-bond donors (Lipinski definition) is 1. The van der Waals surface area contributed by atoms with Crippen LogP contribution in [0, 0.1) is 0 Å². The van der Waals surface area contributed by atoms with Gasteiger partial charge in [0, 0.05) is 13.1 Å². The topological polar surface area (TPSA) is 53.1 Å². The number of rotatable bonds is 5. The summed E-state index contributed by atoms with van der Waals surface area (Å²) in [5, 5.41) is 4.75. The van der Waals surface area contributed by atoms with Crippen LogP contribution in [0.4, 0.5) is 0 Å². The van der Waals surface area contributed by atoms with Gasteiger partial charge in [0.2, 0.25) is 0 Å². The van der Waals surface area contributed by atoms with Crippen molar-refractivity contribution in [2.45, 2.75) is 26.4 Å². The van der Waals surface area contributed by atoms with Gasteiger partial charge < -0.3 is 10.5 Å². The van der Waals surface area contributed by atoms with E-state index < -0.39 is 0 Å². The highest BCUT2D eigenvalue weighted by Gasteiger charge is 2.06. The molecule has 1 aromatic carbocycles. The molecule has 2 aromatic rings. The smallest absolute Gasteiger partial charge is 0.165 e. The molecule has 0 radical (unpaired) electrons. The predicted octanol–water partition coefficient (Wildman–Crippen LogP) is 3.20. The minimum absolute atomic E-state index is 0.467. The van der Waals surface area contributed by atoms with Gasteiger partial charge in [-0.1, -0.05) is 24.6 Å². The summed E-state index contributed by atoms with van der Waals surface area (Å²) in [6, 6.07) is 5.53. The normalized spacial score (nSPS) is 10.6. The molecule has 2 N–H and O–H groups in total. The molecule has 0 saturated carbocycles. The van der Waals surface area contributed by atoms with Crippen LogP contribution in [0.2, 0.25) is 5.02 Å². The highest BCUT2D eigenvalue weighted by Crippen LogP contribution is 2.29. The van der Waals surface area contributed by atoms with E-state index >= 15 is 0 Å². The van der Waals surface area contributed by atoms with Gasteiger partial charge in [0.15, 0.2) is 5.75 Å². The molecule has 0 unspecified atom stereocenters. The van der Waals surface area contributed by atoms with Crippen molar-refractivity contribution in [2.24, 2.45) is 5.73 Å². The van der Waals surface area contributed by atoms with Gasteiger partial charge in [-0.3, -0.25) is 4.68 Å². The largest absolute Gasteiger partial charge is 0.452 e. The Kier molecular flexibility index (Phi) is 4.23. The standard InChI is InChI=1S/C13H16ClN3O/c1-2-5-17-9-11(8-16-17)18-13-4-3-10(7-15)6-12(13)14/h3-4,6,8-9H,2,5,7,15H2,1H3. The molecule has 5 heteroatoms. The summed E-state index contributed by atoms with van der Waals surface area (Å²) in [6.45, 7) is 3.45. The highest BCUT2D eigenvalue weighted by atomic mass is 35.5. The van der Waals surface area contributed by atoms with Gasteiger partial charge in [-0.2, -0.15) is 5.10 Å². The maximum Gasteiger partial charge on any atom is 0.165 e. The van der Waals surface area contributed by atoms with Gasteiger partial charge >= 0.3 is 0 Å². The summed E-state index contributed by atoms with van der Waals surface area (Å²) in [5.74, 6) is 1.30. The molecular weight excluding hydrogens is 250 g/mol. The molecule has 4 nitrogen and oxygen atoms in total. The number of halogens is 1. The van der Waals surface area contributed by atoms with Crippen LogP contribution in [0.25, 0.3) is 0 Å². The van der Waals surface area contributed by atoms with Crippen LogP contribution in [-0.4, -0.2) is 9.78 Å². The molecule has 2 rings (SSSR count). The van der Waals surface area contributed by atoms with Gasteiger partial charge in [-0.05, 0) is 24.1 Å². The van der Waals surface area contributed by atoms with Crippen molar-refractivity contribution < 1.29 is 4.74 Å².